The van der Waals surface area contributed by atoms with Gasteiger partial charge in [0.2, 0.25) is 5.91 Å². The summed E-state index contributed by atoms with van der Waals surface area (Å²) in [7, 11) is 0. The van der Waals surface area contributed by atoms with Gasteiger partial charge in [0, 0.05) is 18.0 Å². The van der Waals surface area contributed by atoms with Crippen molar-refractivity contribution in [3.05, 3.63) is 71.7 Å². The third kappa shape index (κ3) is 5.01. The Hall–Kier alpha value is -4.19. The van der Waals surface area contributed by atoms with E-state index in [0.717, 1.165) is 10.6 Å². The molecule has 2 aromatic heterocycles. The van der Waals surface area contributed by atoms with Crippen molar-refractivity contribution in [2.24, 2.45) is 0 Å². The molecule has 2 amide bonds. The molecule has 3 heterocycles. The quantitative estimate of drug-likeness (QED) is 0.647. The van der Waals surface area contributed by atoms with Crippen molar-refractivity contribution >= 4 is 34.9 Å². The topological polar surface area (TPSA) is 99.0 Å². The van der Waals surface area contributed by atoms with E-state index in [4.69, 9.17) is 5.26 Å². The highest BCUT2D eigenvalue weighted by atomic mass is 19.3. The SMILES string of the molecule is N#CC1CC(F)(F)CN1C(=O)CNC(=O)c1cc(C=Cc2ccccn2)nc2ccccc12. The Balaban J connectivity index is 1.54. The number of alkyl halides is 2. The van der Waals surface area contributed by atoms with Crippen LogP contribution in [0.25, 0.3) is 23.1 Å². The Bertz CT molecular complexity index is 1270. The Morgan fingerprint density at radius 2 is 1.94 bits per heavy atom. The molecule has 1 atom stereocenters. The molecule has 4 rings (SSSR count). The van der Waals surface area contributed by atoms with Crippen molar-refractivity contribution in [1.29, 1.82) is 5.26 Å². The van der Waals surface area contributed by atoms with Crippen LogP contribution in [0, 0.1) is 11.3 Å². The zero-order valence-electron chi connectivity index (χ0n) is 17.4. The molecule has 1 aliphatic rings. The van der Waals surface area contributed by atoms with Gasteiger partial charge in [-0.1, -0.05) is 24.3 Å². The largest absolute Gasteiger partial charge is 0.343 e. The lowest BCUT2D eigenvalue weighted by atomic mass is 10.1. The number of carbonyl (C=O) groups is 2. The molecule has 1 fully saturated rings. The van der Waals surface area contributed by atoms with E-state index >= 15 is 0 Å². The van der Waals surface area contributed by atoms with Crippen molar-refractivity contribution in [3.63, 3.8) is 0 Å². The number of fused-ring (bicyclic) bond motifs is 1. The lowest BCUT2D eigenvalue weighted by molar-refractivity contribution is -0.131. The number of rotatable bonds is 5. The second kappa shape index (κ2) is 9.12. The second-order valence-corrected chi connectivity index (χ2v) is 7.61. The number of nitriles is 1. The predicted molar refractivity (Wildman–Crippen MR) is 118 cm³/mol. The van der Waals surface area contributed by atoms with E-state index < -0.39 is 43.3 Å². The molecule has 166 valence electrons. The number of para-hydroxylation sites is 1. The normalized spacial score (nSPS) is 17.2. The lowest BCUT2D eigenvalue weighted by Gasteiger charge is -2.19. The number of nitrogens with one attached hydrogen (secondary N) is 1. The van der Waals surface area contributed by atoms with Crippen molar-refractivity contribution in [2.45, 2.75) is 18.4 Å². The van der Waals surface area contributed by atoms with E-state index in [0.29, 0.717) is 16.6 Å². The molecule has 0 saturated carbocycles. The highest BCUT2D eigenvalue weighted by Crippen LogP contribution is 2.31. The predicted octanol–water partition coefficient (Wildman–Crippen LogP) is 3.29. The summed E-state index contributed by atoms with van der Waals surface area (Å²) in [5, 5.41) is 12.1. The zero-order chi connectivity index (χ0) is 23.4. The van der Waals surface area contributed by atoms with E-state index in [1.54, 1.807) is 60.8 Å². The van der Waals surface area contributed by atoms with E-state index in [2.05, 4.69) is 15.3 Å². The van der Waals surface area contributed by atoms with Crippen LogP contribution in [0.4, 0.5) is 8.78 Å². The first-order valence-electron chi connectivity index (χ1n) is 10.2. The Labute approximate surface area is 188 Å². The Kier molecular flexibility index (Phi) is 6.09. The van der Waals surface area contributed by atoms with Crippen LogP contribution in [0.5, 0.6) is 0 Å². The van der Waals surface area contributed by atoms with Gasteiger partial charge < -0.3 is 10.2 Å². The van der Waals surface area contributed by atoms with Crippen molar-refractivity contribution < 1.29 is 18.4 Å². The number of likely N-dealkylation sites (tertiary alicyclic amines) is 1. The van der Waals surface area contributed by atoms with Crippen LogP contribution in [-0.4, -0.2) is 51.7 Å². The number of benzene rings is 1. The second-order valence-electron chi connectivity index (χ2n) is 7.61. The minimum atomic E-state index is -3.11. The van der Waals surface area contributed by atoms with E-state index in [1.807, 2.05) is 12.1 Å². The first-order chi connectivity index (χ1) is 15.9. The van der Waals surface area contributed by atoms with Gasteiger partial charge in [-0.15, -0.1) is 0 Å². The van der Waals surface area contributed by atoms with Gasteiger partial charge in [0.25, 0.3) is 11.8 Å². The minimum absolute atomic E-state index is 0.289. The number of hydrogen-bond donors (Lipinski definition) is 1. The lowest BCUT2D eigenvalue weighted by Crippen LogP contribution is -2.43. The minimum Gasteiger partial charge on any atom is -0.343 e. The fourth-order valence-corrected chi connectivity index (χ4v) is 3.66. The van der Waals surface area contributed by atoms with Gasteiger partial charge in [-0.3, -0.25) is 14.6 Å². The number of halogens is 2. The molecule has 1 unspecified atom stereocenters. The highest BCUT2D eigenvalue weighted by Gasteiger charge is 2.47. The summed E-state index contributed by atoms with van der Waals surface area (Å²) in [4.78, 5) is 34.9. The molecule has 7 nitrogen and oxygen atoms in total. The molecule has 9 heteroatoms. The highest BCUT2D eigenvalue weighted by molar-refractivity contribution is 6.07. The zero-order valence-corrected chi connectivity index (χ0v) is 17.4. The smallest absolute Gasteiger partial charge is 0.268 e. The molecule has 0 radical (unpaired) electrons. The first kappa shape index (κ1) is 22.0. The van der Waals surface area contributed by atoms with Crippen LogP contribution in [0.3, 0.4) is 0 Å². The molecule has 1 aromatic carbocycles. The van der Waals surface area contributed by atoms with Gasteiger partial charge in [-0.25, -0.2) is 13.8 Å². The van der Waals surface area contributed by atoms with Crippen LogP contribution in [-0.2, 0) is 4.79 Å². The molecule has 0 aliphatic carbocycles. The molecule has 1 aliphatic heterocycles. The van der Waals surface area contributed by atoms with Gasteiger partial charge in [-0.2, -0.15) is 5.26 Å². The van der Waals surface area contributed by atoms with Crippen molar-refractivity contribution in [2.75, 3.05) is 13.1 Å². The number of pyridine rings is 2. The summed E-state index contributed by atoms with van der Waals surface area (Å²) in [5.41, 5.74) is 2.11. The summed E-state index contributed by atoms with van der Waals surface area (Å²) in [6.07, 6.45) is 4.44. The third-order valence-corrected chi connectivity index (χ3v) is 5.23. The summed E-state index contributed by atoms with van der Waals surface area (Å²) in [6.45, 7) is -1.33. The van der Waals surface area contributed by atoms with Gasteiger partial charge >= 0.3 is 0 Å². The summed E-state index contributed by atoms with van der Waals surface area (Å²) < 4.78 is 27.2. The van der Waals surface area contributed by atoms with Gasteiger partial charge in [-0.05, 0) is 36.4 Å². The molecular formula is C24H19F2N5O2. The third-order valence-electron chi connectivity index (χ3n) is 5.23. The van der Waals surface area contributed by atoms with Crippen LogP contribution in [0.2, 0.25) is 0 Å². The Morgan fingerprint density at radius 3 is 2.70 bits per heavy atom. The molecule has 1 saturated heterocycles. The van der Waals surface area contributed by atoms with Gasteiger partial charge in [0.1, 0.15) is 6.04 Å². The molecule has 1 N–H and O–H groups in total. The van der Waals surface area contributed by atoms with Gasteiger partial charge in [0.15, 0.2) is 0 Å². The maximum Gasteiger partial charge on any atom is 0.268 e. The monoisotopic (exact) mass is 447 g/mol. The van der Waals surface area contributed by atoms with E-state index in [-0.39, 0.29) is 5.56 Å². The Morgan fingerprint density at radius 1 is 1.18 bits per heavy atom. The summed E-state index contributed by atoms with van der Waals surface area (Å²) in [5.74, 6) is -4.40. The average Bonchev–Trinajstić information content (AvgIpc) is 3.15. The van der Waals surface area contributed by atoms with Crippen molar-refractivity contribution in [3.8, 4) is 6.07 Å². The number of amides is 2. The molecule has 33 heavy (non-hydrogen) atoms. The standard InChI is InChI=1S/C24H19F2N5O2/c25-24(26)12-18(13-27)31(15-24)22(32)14-29-23(33)20-11-17(9-8-16-5-3-4-10-28-16)30-21-7-2-1-6-19(20)21/h1-11,18H,12,14-15H2,(H,29,33). The maximum absolute atomic E-state index is 13.6. The van der Waals surface area contributed by atoms with Crippen LogP contribution in [0.15, 0.2) is 54.7 Å². The van der Waals surface area contributed by atoms with Crippen LogP contribution < -0.4 is 5.32 Å². The molecular weight excluding hydrogens is 428 g/mol. The first-order valence-corrected chi connectivity index (χ1v) is 10.2. The van der Waals surface area contributed by atoms with Gasteiger partial charge in [0.05, 0.1) is 41.6 Å². The van der Waals surface area contributed by atoms with Crippen LogP contribution >= 0.6 is 0 Å². The summed E-state index contributed by atoms with van der Waals surface area (Å²) in [6, 6.07) is 14.6. The number of aromatic nitrogens is 2. The molecule has 3 aromatic rings. The average molecular weight is 447 g/mol. The number of nitrogens with zero attached hydrogens (tertiary/aromatic N) is 4. The van der Waals surface area contributed by atoms with E-state index in [1.165, 1.54) is 0 Å². The van der Waals surface area contributed by atoms with Crippen LogP contribution in [0.1, 0.15) is 28.2 Å². The van der Waals surface area contributed by atoms with E-state index in [9.17, 15) is 18.4 Å². The van der Waals surface area contributed by atoms with Crippen molar-refractivity contribution in [1.82, 2.24) is 20.2 Å². The molecule has 0 spiro atoms. The summed E-state index contributed by atoms with van der Waals surface area (Å²) >= 11 is 0. The fourth-order valence-electron chi connectivity index (χ4n) is 3.66. The maximum atomic E-state index is 13.6. The fraction of sp³-hybridized carbons (Fsp3) is 0.208. The number of carbonyl (C=O) groups excluding carboxylic acids is 2. The molecule has 0 bridgehead atoms. The number of hydrogen-bond acceptors (Lipinski definition) is 5.